The van der Waals surface area contributed by atoms with Crippen molar-refractivity contribution in [3.8, 4) is 0 Å². The van der Waals surface area contributed by atoms with Crippen LogP contribution in [0.1, 0.15) is 45.4 Å². The predicted octanol–water partition coefficient (Wildman–Crippen LogP) is -3.94. The molecule has 15 nitrogen and oxygen atoms in total. The van der Waals surface area contributed by atoms with Gasteiger partial charge in [0.1, 0.15) is 18.1 Å². The van der Waals surface area contributed by atoms with Crippen LogP contribution in [-0.2, 0) is 24.0 Å². The summed E-state index contributed by atoms with van der Waals surface area (Å²) in [4.78, 5) is 65.8. The number of primary amides is 1. The molecule has 5 unspecified atom stereocenters. The Balaban J connectivity index is 2.81. The minimum Gasteiger partial charge on any atom is -0.480 e. The number of hydrogen-bond donors (Lipinski definition) is 8. The van der Waals surface area contributed by atoms with Crippen molar-refractivity contribution in [2.45, 2.75) is 75.7 Å². The summed E-state index contributed by atoms with van der Waals surface area (Å²) < 4.78 is 0. The lowest BCUT2D eigenvalue weighted by Gasteiger charge is -2.29. The van der Waals surface area contributed by atoms with Crippen molar-refractivity contribution in [3.63, 3.8) is 0 Å². The number of guanidine groups is 1. The van der Waals surface area contributed by atoms with Gasteiger partial charge in [-0.25, -0.2) is 4.79 Å². The molecule has 198 valence electrons. The number of amides is 4. The van der Waals surface area contributed by atoms with E-state index in [1.165, 1.54) is 11.8 Å². The van der Waals surface area contributed by atoms with E-state index in [0.717, 1.165) is 0 Å². The molecule has 0 bridgehead atoms. The number of aliphatic hydroxyl groups is 1. The fraction of sp³-hybridized carbons (Fsp3) is 0.700. The van der Waals surface area contributed by atoms with E-state index in [4.69, 9.17) is 22.9 Å². The van der Waals surface area contributed by atoms with Crippen LogP contribution >= 0.6 is 0 Å². The van der Waals surface area contributed by atoms with Crippen LogP contribution in [0.15, 0.2) is 4.99 Å². The molecule has 1 aliphatic heterocycles. The topological polar surface area (TPSA) is 270 Å². The molecule has 1 aliphatic rings. The molecule has 0 spiro atoms. The maximum absolute atomic E-state index is 12.9. The first-order valence-corrected chi connectivity index (χ1v) is 11.3. The second-order valence-corrected chi connectivity index (χ2v) is 8.38. The monoisotopic (exact) mass is 500 g/mol. The number of hydrogen-bond acceptors (Lipinski definition) is 8. The maximum Gasteiger partial charge on any atom is 0.326 e. The molecule has 5 atom stereocenters. The van der Waals surface area contributed by atoms with Crippen LogP contribution < -0.4 is 33.6 Å². The second kappa shape index (κ2) is 14.1. The van der Waals surface area contributed by atoms with Gasteiger partial charge >= 0.3 is 5.97 Å². The molecule has 15 heteroatoms. The molecule has 0 aromatic rings. The first kappa shape index (κ1) is 29.6. The van der Waals surface area contributed by atoms with Gasteiger partial charge in [0.25, 0.3) is 0 Å². The highest BCUT2D eigenvalue weighted by Gasteiger charge is 2.38. The molecular formula is C20H36N8O7. The SMILES string of the molecule is CC(O)C(NC(=O)C1CCCN1C(=O)C(N)CCC(N)=O)C(=O)NC(CCCN=C(N)N)C(=O)O. The van der Waals surface area contributed by atoms with Crippen LogP contribution in [0.2, 0.25) is 0 Å². The van der Waals surface area contributed by atoms with Gasteiger partial charge in [0.05, 0.1) is 12.1 Å². The number of aliphatic hydroxyl groups excluding tert-OH is 1. The Morgan fingerprint density at radius 3 is 2.31 bits per heavy atom. The molecular weight excluding hydrogens is 464 g/mol. The number of likely N-dealkylation sites (tertiary alicyclic amines) is 1. The van der Waals surface area contributed by atoms with Crippen LogP contribution in [0, 0.1) is 0 Å². The number of nitrogens with one attached hydrogen (secondary N) is 2. The van der Waals surface area contributed by atoms with Crippen molar-refractivity contribution >= 4 is 35.6 Å². The molecule has 1 saturated heterocycles. The van der Waals surface area contributed by atoms with Gasteiger partial charge in [-0.05, 0) is 39.0 Å². The summed E-state index contributed by atoms with van der Waals surface area (Å²) in [6.45, 7) is 1.67. The largest absolute Gasteiger partial charge is 0.480 e. The van der Waals surface area contributed by atoms with Gasteiger partial charge in [0.2, 0.25) is 23.6 Å². The third-order valence-electron chi connectivity index (χ3n) is 5.48. The van der Waals surface area contributed by atoms with Crippen LogP contribution in [0.3, 0.4) is 0 Å². The zero-order valence-corrected chi connectivity index (χ0v) is 19.7. The number of aliphatic imine (C=N–C) groups is 1. The Kier molecular flexibility index (Phi) is 11.9. The molecule has 12 N–H and O–H groups in total. The zero-order valence-electron chi connectivity index (χ0n) is 19.7. The average Bonchev–Trinajstić information content (AvgIpc) is 3.26. The van der Waals surface area contributed by atoms with Gasteiger partial charge in [-0.15, -0.1) is 0 Å². The number of carboxylic acids is 1. The summed E-state index contributed by atoms with van der Waals surface area (Å²) in [6, 6.07) is -4.74. The lowest BCUT2D eigenvalue weighted by Crippen LogP contribution is -2.59. The Bertz CT molecular complexity index is 815. The fourth-order valence-electron chi connectivity index (χ4n) is 3.61. The van der Waals surface area contributed by atoms with Crippen molar-refractivity contribution < 1.29 is 34.2 Å². The Morgan fingerprint density at radius 2 is 1.77 bits per heavy atom. The normalized spacial score (nSPS) is 18.6. The summed E-state index contributed by atoms with van der Waals surface area (Å²) >= 11 is 0. The lowest BCUT2D eigenvalue weighted by molar-refractivity contribution is -0.144. The first-order valence-electron chi connectivity index (χ1n) is 11.3. The van der Waals surface area contributed by atoms with Gasteiger partial charge in [-0.2, -0.15) is 0 Å². The molecule has 1 rings (SSSR count). The van der Waals surface area contributed by atoms with E-state index in [2.05, 4.69) is 15.6 Å². The number of carbonyl (C=O) groups excluding carboxylic acids is 4. The summed E-state index contributed by atoms with van der Waals surface area (Å²) in [6.07, 6.45) is -0.345. The number of nitrogens with zero attached hydrogens (tertiary/aromatic N) is 2. The summed E-state index contributed by atoms with van der Waals surface area (Å²) in [5.41, 5.74) is 21.4. The number of nitrogens with two attached hydrogens (primary N) is 4. The fourth-order valence-corrected chi connectivity index (χ4v) is 3.61. The van der Waals surface area contributed by atoms with E-state index in [-0.39, 0.29) is 44.7 Å². The quantitative estimate of drug-likeness (QED) is 0.0651. The van der Waals surface area contributed by atoms with Crippen molar-refractivity contribution in [2.24, 2.45) is 27.9 Å². The third-order valence-corrected chi connectivity index (χ3v) is 5.48. The lowest BCUT2D eigenvalue weighted by atomic mass is 10.1. The molecule has 0 aliphatic carbocycles. The third kappa shape index (κ3) is 9.74. The number of carboxylic acid groups (broad SMARTS) is 1. The van der Waals surface area contributed by atoms with Gasteiger partial charge in [0.15, 0.2) is 5.96 Å². The molecule has 0 aromatic heterocycles. The Morgan fingerprint density at radius 1 is 1.11 bits per heavy atom. The molecule has 0 radical (unpaired) electrons. The van der Waals surface area contributed by atoms with Gasteiger partial charge in [0, 0.05) is 19.5 Å². The van der Waals surface area contributed by atoms with Crippen molar-refractivity contribution in [1.29, 1.82) is 0 Å². The average molecular weight is 501 g/mol. The van der Waals surface area contributed by atoms with Crippen LogP contribution in [0.5, 0.6) is 0 Å². The molecule has 0 aromatic carbocycles. The molecule has 1 fully saturated rings. The van der Waals surface area contributed by atoms with E-state index in [1.54, 1.807) is 0 Å². The van der Waals surface area contributed by atoms with Gasteiger partial charge in [-0.1, -0.05) is 0 Å². The number of rotatable bonds is 14. The Hall–Kier alpha value is -3.46. The standard InChI is InChI=1S/C20H36N8O7/c1-10(29)15(17(32)26-12(19(34)35)4-2-8-25-20(23)24)27-16(31)13-5-3-9-28(13)18(33)11(21)6-7-14(22)30/h10-13,15,29H,2-9,21H2,1H3,(H2,22,30)(H,26,32)(H,27,31)(H,34,35)(H4,23,24,25). The van der Waals surface area contributed by atoms with E-state index in [1.807, 2.05) is 0 Å². The number of aliphatic carboxylic acids is 1. The maximum atomic E-state index is 12.9. The minimum atomic E-state index is -1.47. The second-order valence-electron chi connectivity index (χ2n) is 8.38. The van der Waals surface area contributed by atoms with Crippen molar-refractivity contribution in [1.82, 2.24) is 15.5 Å². The minimum absolute atomic E-state index is 0.00637. The highest BCUT2D eigenvalue weighted by atomic mass is 16.4. The predicted molar refractivity (Wildman–Crippen MR) is 124 cm³/mol. The zero-order chi connectivity index (χ0) is 26.7. The summed E-state index contributed by atoms with van der Waals surface area (Å²) in [7, 11) is 0. The van der Waals surface area contributed by atoms with Crippen LogP contribution in [0.25, 0.3) is 0 Å². The van der Waals surface area contributed by atoms with E-state index in [0.29, 0.717) is 12.8 Å². The summed E-state index contributed by atoms with van der Waals surface area (Å²) in [5.74, 6) is -4.20. The highest BCUT2D eigenvalue weighted by Crippen LogP contribution is 2.19. The van der Waals surface area contributed by atoms with E-state index in [9.17, 15) is 34.2 Å². The van der Waals surface area contributed by atoms with Gasteiger partial charge in [-0.3, -0.25) is 24.2 Å². The van der Waals surface area contributed by atoms with Crippen LogP contribution in [0.4, 0.5) is 0 Å². The van der Waals surface area contributed by atoms with Gasteiger partial charge < -0.3 is 48.7 Å². The van der Waals surface area contributed by atoms with E-state index < -0.39 is 59.9 Å². The Labute approximate surface area is 202 Å². The molecule has 4 amide bonds. The first-order chi connectivity index (χ1) is 16.3. The number of carbonyl (C=O) groups is 5. The van der Waals surface area contributed by atoms with Crippen LogP contribution in [-0.4, -0.2) is 94.0 Å². The van der Waals surface area contributed by atoms with Crippen molar-refractivity contribution in [2.75, 3.05) is 13.1 Å². The molecule has 35 heavy (non-hydrogen) atoms. The van der Waals surface area contributed by atoms with E-state index >= 15 is 0 Å². The smallest absolute Gasteiger partial charge is 0.326 e. The summed E-state index contributed by atoms with van der Waals surface area (Å²) in [5, 5.41) is 24.2. The molecule has 1 heterocycles. The highest BCUT2D eigenvalue weighted by molar-refractivity contribution is 5.94. The van der Waals surface area contributed by atoms with Crippen molar-refractivity contribution in [3.05, 3.63) is 0 Å². The molecule has 0 saturated carbocycles.